The maximum absolute atomic E-state index is 13.5. The van der Waals surface area contributed by atoms with E-state index in [-0.39, 0.29) is 51.3 Å². The lowest BCUT2D eigenvalue weighted by molar-refractivity contribution is -0.137. The largest absolute Gasteiger partial charge is 0.416 e. The quantitative estimate of drug-likeness (QED) is 0.375. The number of piperidine rings is 1. The molecular formula is C28H29F4N3O3S. The second kappa shape index (κ2) is 11.8. The fraction of sp³-hybridized carbons (Fsp3) is 0.321. The first kappa shape index (κ1) is 28.7. The van der Waals surface area contributed by atoms with Crippen molar-refractivity contribution < 1.29 is 30.8 Å². The van der Waals surface area contributed by atoms with Crippen molar-refractivity contribution >= 4 is 16.1 Å². The van der Waals surface area contributed by atoms with Gasteiger partial charge in [-0.05, 0) is 54.2 Å². The fourth-order valence-electron chi connectivity index (χ4n) is 4.77. The third-order valence-corrected chi connectivity index (χ3v) is 8.56. The highest BCUT2D eigenvalue weighted by Gasteiger charge is 2.44. The van der Waals surface area contributed by atoms with Crippen LogP contribution in [0.5, 0.6) is 0 Å². The van der Waals surface area contributed by atoms with Crippen molar-refractivity contribution in [3.8, 4) is 0 Å². The highest BCUT2D eigenvalue weighted by Crippen LogP contribution is 2.36. The molecule has 1 amide bonds. The molecule has 6 nitrogen and oxygen atoms in total. The van der Waals surface area contributed by atoms with Gasteiger partial charge in [-0.25, -0.2) is 4.39 Å². The minimum Gasteiger partial charge on any atom is -0.355 e. The Bertz CT molecular complexity index is 1370. The molecule has 0 radical (unpaired) electrons. The number of benzene rings is 3. The average Bonchev–Trinajstić information content (AvgIpc) is 2.93. The van der Waals surface area contributed by atoms with Gasteiger partial charge in [-0.2, -0.15) is 30.6 Å². The number of amides is 1. The van der Waals surface area contributed by atoms with E-state index in [1.165, 1.54) is 34.6 Å². The lowest BCUT2D eigenvalue weighted by Gasteiger charge is -2.40. The molecule has 1 aliphatic heterocycles. The summed E-state index contributed by atoms with van der Waals surface area (Å²) in [6.45, 7) is 0.318. The van der Waals surface area contributed by atoms with Crippen LogP contribution in [0.3, 0.4) is 0 Å². The third-order valence-electron chi connectivity index (χ3n) is 7.00. The first-order chi connectivity index (χ1) is 18.5. The summed E-state index contributed by atoms with van der Waals surface area (Å²) in [6, 6.07) is 19.6. The van der Waals surface area contributed by atoms with E-state index in [2.05, 4.69) is 10.0 Å². The van der Waals surface area contributed by atoms with Crippen molar-refractivity contribution in [2.75, 3.05) is 19.6 Å². The van der Waals surface area contributed by atoms with Gasteiger partial charge in [0.05, 0.1) is 11.0 Å². The summed E-state index contributed by atoms with van der Waals surface area (Å²) < 4.78 is 81.9. The van der Waals surface area contributed by atoms with E-state index in [1.807, 2.05) is 18.2 Å². The topological polar surface area (TPSA) is 78.5 Å². The van der Waals surface area contributed by atoms with Crippen LogP contribution in [0.25, 0.3) is 0 Å². The van der Waals surface area contributed by atoms with Gasteiger partial charge in [-0.15, -0.1) is 0 Å². The molecule has 0 atom stereocenters. The SMILES string of the molecule is O=C(NCCc1cccc(C(F)(F)F)c1)C1(c2ccccc2)CCN(S(=O)(=O)NCc2ccc(F)cc2)CC1. The van der Waals surface area contributed by atoms with Crippen molar-refractivity contribution in [1.29, 1.82) is 0 Å². The Labute approximate surface area is 225 Å². The van der Waals surface area contributed by atoms with Crippen LogP contribution in [0.2, 0.25) is 0 Å². The summed E-state index contributed by atoms with van der Waals surface area (Å²) in [7, 11) is -3.85. The molecular weight excluding hydrogens is 534 g/mol. The van der Waals surface area contributed by atoms with Crippen molar-refractivity contribution in [3.05, 3.63) is 107 Å². The number of nitrogens with one attached hydrogen (secondary N) is 2. The average molecular weight is 564 g/mol. The molecule has 0 aliphatic carbocycles. The Hall–Kier alpha value is -3.28. The maximum Gasteiger partial charge on any atom is 0.416 e. The van der Waals surface area contributed by atoms with Crippen LogP contribution in [0.15, 0.2) is 78.9 Å². The molecule has 11 heteroatoms. The predicted octanol–water partition coefficient (Wildman–Crippen LogP) is 4.57. The van der Waals surface area contributed by atoms with Crippen molar-refractivity contribution in [2.24, 2.45) is 0 Å². The highest BCUT2D eigenvalue weighted by molar-refractivity contribution is 7.87. The molecule has 0 aromatic heterocycles. The molecule has 3 aromatic rings. The summed E-state index contributed by atoms with van der Waals surface area (Å²) in [6.07, 6.45) is -3.78. The lowest BCUT2D eigenvalue weighted by atomic mass is 9.72. The molecule has 208 valence electrons. The number of hydrogen-bond acceptors (Lipinski definition) is 3. The highest BCUT2D eigenvalue weighted by atomic mass is 32.2. The van der Waals surface area contributed by atoms with Crippen LogP contribution in [0.4, 0.5) is 17.6 Å². The van der Waals surface area contributed by atoms with Gasteiger partial charge in [0.15, 0.2) is 0 Å². The molecule has 1 fully saturated rings. The fourth-order valence-corrected chi connectivity index (χ4v) is 5.97. The predicted molar refractivity (Wildman–Crippen MR) is 139 cm³/mol. The monoisotopic (exact) mass is 563 g/mol. The maximum atomic E-state index is 13.5. The van der Waals surface area contributed by atoms with Gasteiger partial charge in [0, 0.05) is 26.2 Å². The Morgan fingerprint density at radius 3 is 2.21 bits per heavy atom. The summed E-state index contributed by atoms with van der Waals surface area (Å²) in [5.41, 5.74) is 0.0762. The first-order valence-electron chi connectivity index (χ1n) is 12.5. The van der Waals surface area contributed by atoms with Gasteiger partial charge in [-0.1, -0.05) is 60.7 Å². The Morgan fingerprint density at radius 1 is 0.897 bits per heavy atom. The molecule has 0 spiro atoms. The third kappa shape index (κ3) is 7.03. The van der Waals surface area contributed by atoms with Crippen LogP contribution in [-0.4, -0.2) is 38.3 Å². The normalized spacial score (nSPS) is 16.1. The molecule has 0 saturated carbocycles. The second-order valence-electron chi connectivity index (χ2n) is 9.50. The first-order valence-corrected chi connectivity index (χ1v) is 13.9. The van der Waals surface area contributed by atoms with E-state index in [9.17, 15) is 30.8 Å². The van der Waals surface area contributed by atoms with Crippen molar-refractivity contribution in [2.45, 2.75) is 37.4 Å². The Kier molecular flexibility index (Phi) is 8.73. The minimum absolute atomic E-state index is 0.00103. The number of nitrogens with zero attached hydrogens (tertiary/aromatic N) is 1. The summed E-state index contributed by atoms with van der Waals surface area (Å²) in [4.78, 5) is 13.5. The number of carbonyl (C=O) groups is 1. The molecule has 1 heterocycles. The molecule has 1 aliphatic rings. The zero-order valence-electron chi connectivity index (χ0n) is 21.0. The van der Waals surface area contributed by atoms with Crippen LogP contribution in [0.1, 0.15) is 35.1 Å². The van der Waals surface area contributed by atoms with Gasteiger partial charge in [-0.3, -0.25) is 4.79 Å². The van der Waals surface area contributed by atoms with E-state index < -0.39 is 33.2 Å². The van der Waals surface area contributed by atoms with Crippen LogP contribution >= 0.6 is 0 Å². The minimum atomic E-state index is -4.45. The smallest absolute Gasteiger partial charge is 0.355 e. The number of rotatable bonds is 9. The second-order valence-corrected chi connectivity index (χ2v) is 11.3. The number of alkyl halides is 3. The Morgan fingerprint density at radius 2 is 1.56 bits per heavy atom. The van der Waals surface area contributed by atoms with Crippen LogP contribution in [0, 0.1) is 5.82 Å². The van der Waals surface area contributed by atoms with Crippen LogP contribution in [-0.2, 0) is 39.6 Å². The molecule has 0 bridgehead atoms. The zero-order chi connectivity index (χ0) is 28.1. The molecule has 4 rings (SSSR count). The van der Waals surface area contributed by atoms with Gasteiger partial charge in [0.2, 0.25) is 5.91 Å². The van der Waals surface area contributed by atoms with Crippen molar-refractivity contribution in [1.82, 2.24) is 14.3 Å². The van der Waals surface area contributed by atoms with Crippen LogP contribution < -0.4 is 10.0 Å². The molecule has 2 N–H and O–H groups in total. The van der Waals surface area contributed by atoms with E-state index in [0.717, 1.165) is 17.7 Å². The Balaban J connectivity index is 1.42. The summed E-state index contributed by atoms with van der Waals surface area (Å²) >= 11 is 0. The number of hydrogen-bond donors (Lipinski definition) is 2. The van der Waals surface area contributed by atoms with E-state index in [0.29, 0.717) is 11.1 Å². The van der Waals surface area contributed by atoms with Crippen molar-refractivity contribution in [3.63, 3.8) is 0 Å². The molecule has 39 heavy (non-hydrogen) atoms. The van der Waals surface area contributed by atoms with Gasteiger partial charge in [0.1, 0.15) is 5.82 Å². The van der Waals surface area contributed by atoms with Gasteiger partial charge in [0.25, 0.3) is 10.2 Å². The summed E-state index contributed by atoms with van der Waals surface area (Å²) in [5.74, 6) is -0.708. The standard InChI is InChI=1S/C28H29F4N3O3S/c29-25-11-9-22(10-12-25)20-34-39(37,38)35-17-14-27(15-18-35,23-6-2-1-3-7-23)26(36)33-16-13-21-5-4-8-24(19-21)28(30,31)32/h1-12,19,34H,13-18,20H2,(H,33,36). The van der Waals surface area contributed by atoms with Gasteiger partial charge < -0.3 is 5.32 Å². The molecule has 1 saturated heterocycles. The lowest BCUT2D eigenvalue weighted by Crippen LogP contribution is -2.54. The molecule has 3 aromatic carbocycles. The van der Waals surface area contributed by atoms with E-state index >= 15 is 0 Å². The molecule has 0 unspecified atom stereocenters. The van der Waals surface area contributed by atoms with Gasteiger partial charge >= 0.3 is 6.18 Å². The zero-order valence-corrected chi connectivity index (χ0v) is 21.9. The summed E-state index contributed by atoms with van der Waals surface area (Å²) in [5, 5.41) is 2.87. The number of halogens is 4. The number of carbonyl (C=O) groups excluding carboxylic acids is 1. The van der Waals surface area contributed by atoms with E-state index in [4.69, 9.17) is 0 Å². The van der Waals surface area contributed by atoms with E-state index in [1.54, 1.807) is 18.2 Å².